The number of rotatable bonds is 5. The van der Waals surface area contributed by atoms with Crippen LogP contribution in [0.1, 0.15) is 40.7 Å². The fourth-order valence-corrected chi connectivity index (χ4v) is 3.21. The molecule has 0 aromatic heterocycles. The lowest BCUT2D eigenvalue weighted by Crippen LogP contribution is -2.35. The van der Waals surface area contributed by atoms with Crippen LogP contribution in [0.4, 0.5) is 5.69 Å². The molecule has 5 heteroatoms. The van der Waals surface area contributed by atoms with E-state index in [0.717, 1.165) is 37.1 Å². The molecule has 1 saturated heterocycles. The van der Waals surface area contributed by atoms with Crippen LogP contribution in [0.2, 0.25) is 0 Å². The number of benzene rings is 2. The van der Waals surface area contributed by atoms with Crippen molar-refractivity contribution < 1.29 is 14.3 Å². The topological polar surface area (TPSA) is 58.6 Å². The lowest BCUT2D eigenvalue weighted by molar-refractivity contribution is -0.118. The first-order chi connectivity index (χ1) is 13.0. The summed E-state index contributed by atoms with van der Waals surface area (Å²) in [6, 6.07) is 13.0. The summed E-state index contributed by atoms with van der Waals surface area (Å²) in [4.78, 5) is 26.7. The molecule has 5 nitrogen and oxygen atoms in total. The van der Waals surface area contributed by atoms with Gasteiger partial charge in [0.1, 0.15) is 5.75 Å². The van der Waals surface area contributed by atoms with Crippen LogP contribution in [-0.2, 0) is 4.79 Å². The summed E-state index contributed by atoms with van der Waals surface area (Å²) in [6.07, 6.45) is 3.29. The fraction of sp³-hybridized carbons (Fsp3) is 0.364. The number of hydrogen-bond donors (Lipinski definition) is 1. The molecule has 0 radical (unpaired) electrons. The first-order valence-electron chi connectivity index (χ1n) is 9.42. The Morgan fingerprint density at radius 3 is 2.59 bits per heavy atom. The van der Waals surface area contributed by atoms with E-state index in [1.54, 1.807) is 24.3 Å². The van der Waals surface area contributed by atoms with Crippen LogP contribution in [0, 0.1) is 13.8 Å². The number of nitrogens with one attached hydrogen (secondary N) is 1. The third-order valence-corrected chi connectivity index (χ3v) is 4.74. The second-order valence-electron chi connectivity index (χ2n) is 7.04. The van der Waals surface area contributed by atoms with Gasteiger partial charge < -0.3 is 15.0 Å². The van der Waals surface area contributed by atoms with Crippen molar-refractivity contribution in [3.63, 3.8) is 0 Å². The number of hydrogen-bond acceptors (Lipinski definition) is 3. The Hall–Kier alpha value is -2.82. The highest BCUT2D eigenvalue weighted by Crippen LogP contribution is 2.19. The van der Waals surface area contributed by atoms with Crippen molar-refractivity contribution in [3.05, 3.63) is 59.2 Å². The van der Waals surface area contributed by atoms with Crippen molar-refractivity contribution in [2.45, 2.75) is 33.1 Å². The molecule has 1 heterocycles. The number of likely N-dealkylation sites (tertiary alicyclic amines) is 1. The van der Waals surface area contributed by atoms with Crippen LogP contribution in [0.25, 0.3) is 0 Å². The minimum absolute atomic E-state index is 0.0254. The number of nitrogens with zero attached hydrogens (tertiary/aromatic N) is 1. The summed E-state index contributed by atoms with van der Waals surface area (Å²) >= 11 is 0. The number of piperidine rings is 1. The zero-order valence-corrected chi connectivity index (χ0v) is 16.0. The van der Waals surface area contributed by atoms with Crippen LogP contribution >= 0.6 is 0 Å². The van der Waals surface area contributed by atoms with Crippen molar-refractivity contribution in [2.24, 2.45) is 0 Å². The largest absolute Gasteiger partial charge is 0.483 e. The highest BCUT2D eigenvalue weighted by molar-refractivity contribution is 5.97. The highest BCUT2D eigenvalue weighted by atomic mass is 16.5. The molecular weight excluding hydrogens is 340 g/mol. The minimum atomic E-state index is -0.251. The Kier molecular flexibility index (Phi) is 6.12. The predicted octanol–water partition coefficient (Wildman–Crippen LogP) is 3.95. The Balaban J connectivity index is 1.59. The lowest BCUT2D eigenvalue weighted by Gasteiger charge is -2.26. The van der Waals surface area contributed by atoms with E-state index >= 15 is 0 Å². The normalized spacial score (nSPS) is 13.9. The molecule has 0 unspecified atom stereocenters. The Morgan fingerprint density at radius 2 is 1.81 bits per heavy atom. The molecule has 0 atom stereocenters. The van der Waals surface area contributed by atoms with Gasteiger partial charge in [0.15, 0.2) is 6.61 Å². The molecule has 2 amide bonds. The first kappa shape index (κ1) is 19.0. The second kappa shape index (κ2) is 8.71. The van der Waals surface area contributed by atoms with Crippen LogP contribution in [0.5, 0.6) is 5.75 Å². The second-order valence-corrected chi connectivity index (χ2v) is 7.04. The van der Waals surface area contributed by atoms with Gasteiger partial charge >= 0.3 is 0 Å². The number of carbonyl (C=O) groups is 2. The van der Waals surface area contributed by atoms with E-state index in [9.17, 15) is 9.59 Å². The van der Waals surface area contributed by atoms with E-state index in [1.165, 1.54) is 6.42 Å². The summed E-state index contributed by atoms with van der Waals surface area (Å²) in [5, 5.41) is 2.81. The average molecular weight is 366 g/mol. The van der Waals surface area contributed by atoms with Gasteiger partial charge in [-0.25, -0.2) is 0 Å². The van der Waals surface area contributed by atoms with E-state index < -0.39 is 0 Å². The molecule has 0 spiro atoms. The maximum absolute atomic E-state index is 12.6. The standard InChI is InChI=1S/C22H26N2O3/c1-16-9-10-17(2)20(13-16)27-15-21(25)23-19-8-6-7-18(14-19)22(26)24-11-4-3-5-12-24/h6-10,13-14H,3-5,11-12,15H2,1-2H3,(H,23,25). The van der Waals surface area contributed by atoms with Crippen molar-refractivity contribution >= 4 is 17.5 Å². The van der Waals surface area contributed by atoms with Gasteiger partial charge in [-0.2, -0.15) is 0 Å². The lowest BCUT2D eigenvalue weighted by atomic mass is 10.1. The van der Waals surface area contributed by atoms with Crippen molar-refractivity contribution in [1.29, 1.82) is 0 Å². The first-order valence-corrected chi connectivity index (χ1v) is 9.42. The van der Waals surface area contributed by atoms with Crippen LogP contribution in [0.3, 0.4) is 0 Å². The van der Waals surface area contributed by atoms with Crippen molar-refractivity contribution in [3.8, 4) is 5.75 Å². The molecular formula is C22H26N2O3. The summed E-state index contributed by atoms with van der Waals surface area (Å²) in [7, 11) is 0. The number of amides is 2. The van der Waals surface area contributed by atoms with Gasteiger partial charge in [-0.3, -0.25) is 9.59 Å². The monoisotopic (exact) mass is 366 g/mol. The molecule has 1 aliphatic rings. The van der Waals surface area contributed by atoms with Gasteiger partial charge in [-0.15, -0.1) is 0 Å². The van der Waals surface area contributed by atoms with Crippen LogP contribution < -0.4 is 10.1 Å². The highest BCUT2D eigenvalue weighted by Gasteiger charge is 2.18. The average Bonchev–Trinajstić information content (AvgIpc) is 2.69. The molecule has 0 bridgehead atoms. The van der Waals surface area contributed by atoms with Crippen molar-refractivity contribution in [2.75, 3.05) is 25.0 Å². The Bertz CT molecular complexity index is 826. The molecule has 0 aliphatic carbocycles. The van der Waals surface area contributed by atoms with Gasteiger partial charge in [0, 0.05) is 24.3 Å². The molecule has 0 saturated carbocycles. The number of carbonyl (C=O) groups excluding carboxylic acids is 2. The smallest absolute Gasteiger partial charge is 0.262 e. The number of anilines is 1. The Morgan fingerprint density at radius 1 is 1.04 bits per heavy atom. The molecule has 2 aromatic rings. The van der Waals surface area contributed by atoms with E-state index in [2.05, 4.69) is 5.32 Å². The van der Waals surface area contributed by atoms with Gasteiger partial charge in [-0.05, 0) is 68.5 Å². The third kappa shape index (κ3) is 5.09. The molecule has 27 heavy (non-hydrogen) atoms. The minimum Gasteiger partial charge on any atom is -0.483 e. The maximum atomic E-state index is 12.6. The molecule has 142 valence electrons. The molecule has 1 aliphatic heterocycles. The van der Waals surface area contributed by atoms with Gasteiger partial charge in [-0.1, -0.05) is 18.2 Å². The Labute approximate surface area is 160 Å². The zero-order chi connectivity index (χ0) is 19.2. The molecule has 2 aromatic carbocycles. The summed E-state index contributed by atoms with van der Waals surface area (Å²) in [6.45, 7) is 5.46. The summed E-state index contributed by atoms with van der Waals surface area (Å²) in [5.41, 5.74) is 3.28. The van der Waals surface area contributed by atoms with E-state index in [0.29, 0.717) is 17.0 Å². The third-order valence-electron chi connectivity index (χ3n) is 4.74. The zero-order valence-electron chi connectivity index (χ0n) is 16.0. The maximum Gasteiger partial charge on any atom is 0.262 e. The van der Waals surface area contributed by atoms with Crippen molar-refractivity contribution in [1.82, 2.24) is 4.90 Å². The summed E-state index contributed by atoms with van der Waals surface area (Å²) < 4.78 is 5.64. The van der Waals surface area contributed by atoms with Gasteiger partial charge in [0.05, 0.1) is 0 Å². The number of ether oxygens (including phenoxy) is 1. The molecule has 1 N–H and O–H groups in total. The van der Waals surface area contributed by atoms with E-state index in [-0.39, 0.29) is 18.4 Å². The van der Waals surface area contributed by atoms with Gasteiger partial charge in [0.25, 0.3) is 11.8 Å². The van der Waals surface area contributed by atoms with Crippen LogP contribution in [0.15, 0.2) is 42.5 Å². The summed E-state index contributed by atoms with van der Waals surface area (Å²) in [5.74, 6) is 0.482. The fourth-order valence-electron chi connectivity index (χ4n) is 3.21. The van der Waals surface area contributed by atoms with E-state index in [1.807, 2.05) is 36.9 Å². The quantitative estimate of drug-likeness (QED) is 0.872. The SMILES string of the molecule is Cc1ccc(C)c(OCC(=O)Nc2cccc(C(=O)N3CCCCC3)c2)c1. The van der Waals surface area contributed by atoms with Gasteiger partial charge in [0.2, 0.25) is 0 Å². The van der Waals surface area contributed by atoms with Crippen LogP contribution in [-0.4, -0.2) is 36.4 Å². The van der Waals surface area contributed by atoms with E-state index in [4.69, 9.17) is 4.74 Å². The molecule has 1 fully saturated rings. The molecule has 3 rings (SSSR count). The predicted molar refractivity (Wildman–Crippen MR) is 106 cm³/mol. The number of aryl methyl sites for hydroxylation is 2.